The third-order valence-electron chi connectivity index (χ3n) is 12.0. The summed E-state index contributed by atoms with van der Waals surface area (Å²) >= 11 is 0. The smallest absolute Gasteiger partial charge is 0.323 e. The van der Waals surface area contributed by atoms with Gasteiger partial charge in [0.2, 0.25) is 0 Å². The highest BCUT2D eigenvalue weighted by Crippen LogP contribution is 2.67. The third kappa shape index (κ3) is 6.02. The number of allylic oxidation sites excluding steroid dienone is 1. The number of carbonyl (C=O) groups excluding carboxylic acids is 1. The summed E-state index contributed by atoms with van der Waals surface area (Å²) in [6.45, 7) is 14.7. The summed E-state index contributed by atoms with van der Waals surface area (Å²) in [4.78, 5) is 12.7. The van der Waals surface area contributed by atoms with Crippen LogP contribution in [0.25, 0.3) is 0 Å². The Balaban J connectivity index is 1.38. The molecule has 3 unspecified atom stereocenters. The number of hydrogen-bond acceptors (Lipinski definition) is 3. The van der Waals surface area contributed by atoms with Crippen LogP contribution in [0.3, 0.4) is 0 Å². The van der Waals surface area contributed by atoms with Crippen molar-refractivity contribution >= 4 is 5.97 Å². The Morgan fingerprint density at radius 1 is 1.00 bits per heavy atom. The molecule has 0 amide bonds. The molecule has 3 heteroatoms. The molecule has 0 bridgehead atoms. The van der Waals surface area contributed by atoms with Gasteiger partial charge in [-0.05, 0) is 97.7 Å². The standard InChI is InChI=1S/C34H59NO2/c1-7-8-9-13-31(35)32(36)37-26-18-20-33(5)25(22-26)14-15-27-29-17-16-28(24(4)12-10-11-23(2)3)34(29,6)21-19-30(27)33/h14,23-24,26-31H,7-13,15-22,35H2,1-6H3/t24-,26+,27?,28-,29?,30?,31+,33+,34-/m1/s1. The van der Waals surface area contributed by atoms with Gasteiger partial charge in [-0.25, -0.2) is 0 Å². The lowest BCUT2D eigenvalue weighted by Crippen LogP contribution is -2.51. The Kier molecular flexibility index (Phi) is 9.56. The van der Waals surface area contributed by atoms with Crippen LogP contribution in [0.5, 0.6) is 0 Å². The number of esters is 1. The number of ether oxygens (including phenoxy) is 1. The predicted molar refractivity (Wildman–Crippen MR) is 155 cm³/mol. The lowest BCUT2D eigenvalue weighted by atomic mass is 9.47. The van der Waals surface area contributed by atoms with Gasteiger partial charge in [0.1, 0.15) is 12.1 Å². The van der Waals surface area contributed by atoms with Crippen LogP contribution >= 0.6 is 0 Å². The lowest BCUT2D eigenvalue weighted by molar-refractivity contribution is -0.153. The van der Waals surface area contributed by atoms with Crippen LogP contribution in [0.15, 0.2) is 11.6 Å². The molecule has 9 atom stereocenters. The second-order valence-electron chi connectivity index (χ2n) is 14.7. The van der Waals surface area contributed by atoms with Gasteiger partial charge >= 0.3 is 5.97 Å². The zero-order valence-corrected chi connectivity index (χ0v) is 25.2. The van der Waals surface area contributed by atoms with Crippen LogP contribution in [0.2, 0.25) is 0 Å². The molecule has 3 fully saturated rings. The minimum Gasteiger partial charge on any atom is -0.461 e. The van der Waals surface area contributed by atoms with Crippen molar-refractivity contribution in [3.63, 3.8) is 0 Å². The van der Waals surface area contributed by atoms with Crippen molar-refractivity contribution in [1.82, 2.24) is 0 Å². The first-order valence-electron chi connectivity index (χ1n) is 16.3. The predicted octanol–water partition coefficient (Wildman–Crippen LogP) is 8.85. The quantitative estimate of drug-likeness (QED) is 0.170. The molecule has 4 aliphatic rings. The first-order valence-corrected chi connectivity index (χ1v) is 16.3. The summed E-state index contributed by atoms with van der Waals surface area (Å²) in [5.41, 5.74) is 8.61. The largest absolute Gasteiger partial charge is 0.461 e. The normalized spacial score (nSPS) is 38.8. The molecular formula is C34H59NO2. The molecule has 4 rings (SSSR count). The second kappa shape index (κ2) is 12.1. The Bertz CT molecular complexity index is 804. The number of rotatable bonds is 11. The molecule has 0 spiro atoms. The monoisotopic (exact) mass is 513 g/mol. The summed E-state index contributed by atoms with van der Waals surface area (Å²) in [5, 5.41) is 0. The molecule has 3 nitrogen and oxygen atoms in total. The molecular weight excluding hydrogens is 454 g/mol. The van der Waals surface area contributed by atoms with Crippen molar-refractivity contribution in [2.24, 2.45) is 52.1 Å². The summed E-state index contributed by atoms with van der Waals surface area (Å²) in [7, 11) is 0. The van der Waals surface area contributed by atoms with E-state index in [-0.39, 0.29) is 12.1 Å². The van der Waals surface area contributed by atoms with Gasteiger partial charge in [-0.2, -0.15) is 0 Å². The fourth-order valence-corrected chi connectivity index (χ4v) is 9.74. The number of carbonyl (C=O) groups is 1. The molecule has 212 valence electrons. The molecule has 4 aliphatic carbocycles. The van der Waals surface area contributed by atoms with E-state index >= 15 is 0 Å². The molecule has 0 radical (unpaired) electrons. The Hall–Kier alpha value is -0.830. The molecule has 0 heterocycles. The maximum atomic E-state index is 12.7. The van der Waals surface area contributed by atoms with E-state index in [9.17, 15) is 4.79 Å². The topological polar surface area (TPSA) is 52.3 Å². The number of hydrogen-bond donors (Lipinski definition) is 1. The molecule has 0 aromatic heterocycles. The van der Waals surface area contributed by atoms with E-state index in [1.54, 1.807) is 5.57 Å². The van der Waals surface area contributed by atoms with E-state index < -0.39 is 6.04 Å². The maximum Gasteiger partial charge on any atom is 0.323 e. The average molecular weight is 514 g/mol. The molecule has 0 aromatic carbocycles. The van der Waals surface area contributed by atoms with E-state index in [4.69, 9.17) is 10.5 Å². The molecule has 0 saturated heterocycles. The highest BCUT2D eigenvalue weighted by molar-refractivity contribution is 5.75. The highest BCUT2D eigenvalue weighted by Gasteiger charge is 2.59. The van der Waals surface area contributed by atoms with Gasteiger partial charge in [-0.1, -0.05) is 91.7 Å². The van der Waals surface area contributed by atoms with E-state index in [0.717, 1.165) is 74.0 Å². The van der Waals surface area contributed by atoms with E-state index in [1.807, 2.05) is 0 Å². The summed E-state index contributed by atoms with van der Waals surface area (Å²) in [6, 6.07) is -0.455. The van der Waals surface area contributed by atoms with Crippen molar-refractivity contribution in [3.05, 3.63) is 11.6 Å². The van der Waals surface area contributed by atoms with E-state index in [0.29, 0.717) is 10.8 Å². The highest BCUT2D eigenvalue weighted by atomic mass is 16.5. The Morgan fingerprint density at radius 3 is 2.51 bits per heavy atom. The van der Waals surface area contributed by atoms with Crippen molar-refractivity contribution in [2.45, 2.75) is 150 Å². The van der Waals surface area contributed by atoms with Gasteiger partial charge in [0, 0.05) is 6.42 Å². The summed E-state index contributed by atoms with van der Waals surface area (Å²) in [5.74, 6) is 5.01. The van der Waals surface area contributed by atoms with Crippen LogP contribution in [0, 0.1) is 46.3 Å². The van der Waals surface area contributed by atoms with E-state index in [1.165, 1.54) is 57.8 Å². The lowest BCUT2D eigenvalue weighted by Gasteiger charge is -2.58. The zero-order valence-electron chi connectivity index (χ0n) is 25.2. The molecule has 2 N–H and O–H groups in total. The van der Waals surface area contributed by atoms with Crippen LogP contribution in [-0.4, -0.2) is 18.1 Å². The van der Waals surface area contributed by atoms with Gasteiger partial charge in [0.25, 0.3) is 0 Å². The van der Waals surface area contributed by atoms with Gasteiger partial charge < -0.3 is 10.5 Å². The van der Waals surface area contributed by atoms with Crippen molar-refractivity contribution in [2.75, 3.05) is 0 Å². The van der Waals surface area contributed by atoms with Crippen LogP contribution in [-0.2, 0) is 9.53 Å². The third-order valence-corrected chi connectivity index (χ3v) is 12.0. The minimum absolute atomic E-state index is 0.0250. The first kappa shape index (κ1) is 29.2. The Labute approximate surface area is 229 Å². The van der Waals surface area contributed by atoms with Crippen LogP contribution < -0.4 is 5.73 Å². The van der Waals surface area contributed by atoms with Crippen molar-refractivity contribution in [1.29, 1.82) is 0 Å². The zero-order chi connectivity index (χ0) is 26.8. The number of nitrogens with two attached hydrogens (primary N) is 1. The van der Waals surface area contributed by atoms with Crippen molar-refractivity contribution < 1.29 is 9.53 Å². The van der Waals surface area contributed by atoms with Crippen LogP contribution in [0.4, 0.5) is 0 Å². The maximum absolute atomic E-state index is 12.7. The summed E-state index contributed by atoms with van der Waals surface area (Å²) < 4.78 is 5.98. The SMILES string of the molecule is CCCCC[C@H](N)C(=O)O[C@H]1CC[C@@]2(C)C(=CCC3C2CC[C@@]2(C)C3CC[C@@H]2[C@H](C)CCCC(C)C)C1. The molecule has 37 heavy (non-hydrogen) atoms. The van der Waals surface area contributed by atoms with Gasteiger partial charge in [-0.15, -0.1) is 0 Å². The van der Waals surface area contributed by atoms with Gasteiger partial charge in [0.15, 0.2) is 0 Å². The molecule has 3 saturated carbocycles. The number of fused-ring (bicyclic) bond motifs is 5. The summed E-state index contributed by atoms with van der Waals surface area (Å²) in [6.07, 6.45) is 21.0. The van der Waals surface area contributed by atoms with Crippen LogP contribution in [0.1, 0.15) is 138 Å². The Morgan fingerprint density at radius 2 is 1.78 bits per heavy atom. The fourth-order valence-electron chi connectivity index (χ4n) is 9.74. The average Bonchev–Trinajstić information content (AvgIpc) is 3.21. The minimum atomic E-state index is -0.455. The molecule has 0 aromatic rings. The van der Waals surface area contributed by atoms with Gasteiger partial charge in [0.05, 0.1) is 0 Å². The molecule has 0 aliphatic heterocycles. The number of unbranched alkanes of at least 4 members (excludes halogenated alkanes) is 2. The fraction of sp³-hybridized carbons (Fsp3) is 0.912. The van der Waals surface area contributed by atoms with Gasteiger partial charge in [-0.3, -0.25) is 4.79 Å². The first-order chi connectivity index (χ1) is 17.6. The van der Waals surface area contributed by atoms with E-state index in [2.05, 4.69) is 47.6 Å². The van der Waals surface area contributed by atoms with Crippen molar-refractivity contribution in [3.8, 4) is 0 Å². The second-order valence-corrected chi connectivity index (χ2v) is 14.7.